The van der Waals surface area contributed by atoms with Gasteiger partial charge in [-0.25, -0.2) is 0 Å². The van der Waals surface area contributed by atoms with Gasteiger partial charge in [0.2, 0.25) is 0 Å². The molecule has 0 fully saturated rings. The van der Waals surface area contributed by atoms with Crippen LogP contribution < -0.4 is 25.8 Å². The third-order valence-corrected chi connectivity index (χ3v) is 6.03. The zero-order valence-corrected chi connectivity index (χ0v) is 25.4. The van der Waals surface area contributed by atoms with Crippen LogP contribution in [0.4, 0.5) is 0 Å². The first-order chi connectivity index (χ1) is 19.5. The minimum Gasteiger partial charge on any atom is -0.489 e. The topological polar surface area (TPSA) is 153 Å². The van der Waals surface area contributed by atoms with Crippen molar-refractivity contribution in [3.05, 3.63) is 91.9 Å². The lowest BCUT2D eigenvalue weighted by Gasteiger charge is -2.14. The number of halogens is 4. The molecule has 2 amide bonds. The molecule has 5 N–H and O–H groups in total. The highest BCUT2D eigenvalue weighted by molar-refractivity contribution is 6.34. The average Bonchev–Trinajstić information content (AvgIpc) is 2.92. The Balaban J connectivity index is 0.00000616. The SMILES string of the molecule is CCOC(=O)CNC(=O)COc1cc(C(=N)N)ccc1CNC(=O)c1cc(Cl)cc(OCc2cc(Cl)cc(Cl)c2)c1.Cl. The molecule has 224 valence electrons. The summed E-state index contributed by atoms with van der Waals surface area (Å²) >= 11 is 18.3. The highest BCUT2D eigenvalue weighted by Crippen LogP contribution is 2.25. The number of esters is 1. The molecular formula is C28H28Cl4N4O6. The number of ether oxygens (including phenoxy) is 3. The van der Waals surface area contributed by atoms with Gasteiger partial charge in [0.25, 0.3) is 11.8 Å². The molecule has 0 aliphatic heterocycles. The Bertz CT molecular complexity index is 1430. The minimum absolute atomic E-state index is 0. The van der Waals surface area contributed by atoms with Crippen LogP contribution in [0.2, 0.25) is 15.1 Å². The van der Waals surface area contributed by atoms with Crippen LogP contribution in [-0.2, 0) is 27.5 Å². The molecule has 0 radical (unpaired) electrons. The third kappa shape index (κ3) is 10.9. The number of amides is 2. The molecule has 0 aromatic heterocycles. The van der Waals surface area contributed by atoms with Crippen LogP contribution in [0.1, 0.15) is 34.0 Å². The summed E-state index contributed by atoms with van der Waals surface area (Å²) in [6.45, 7) is 1.29. The molecule has 0 spiro atoms. The van der Waals surface area contributed by atoms with Gasteiger partial charge >= 0.3 is 5.97 Å². The molecule has 14 heteroatoms. The molecule has 0 saturated heterocycles. The normalized spacial score (nSPS) is 10.2. The molecule has 0 unspecified atom stereocenters. The second kappa shape index (κ2) is 16.7. The number of hydrogen-bond acceptors (Lipinski definition) is 7. The van der Waals surface area contributed by atoms with E-state index in [1.807, 2.05) is 0 Å². The van der Waals surface area contributed by atoms with Crippen molar-refractivity contribution in [3.8, 4) is 11.5 Å². The summed E-state index contributed by atoms with van der Waals surface area (Å²) in [6, 6.07) is 14.3. The highest BCUT2D eigenvalue weighted by Gasteiger charge is 2.14. The second-order valence-electron chi connectivity index (χ2n) is 8.53. The standard InChI is InChI=1S/C28H27Cl3N4O6.ClH/c1-2-39-26(37)13-34-25(36)15-41-24-9-17(27(32)33)3-4-18(24)12-35-28(38)19-7-22(31)11-23(8-19)40-14-16-5-20(29)10-21(30)6-16;/h3-11H,2,12-15H2,1H3,(H3,32,33)(H,34,36)(H,35,38);1H. The van der Waals surface area contributed by atoms with Crippen LogP contribution in [0, 0.1) is 5.41 Å². The highest BCUT2D eigenvalue weighted by atomic mass is 35.5. The number of nitrogen functional groups attached to an aromatic ring is 1. The van der Waals surface area contributed by atoms with Crippen molar-refractivity contribution in [2.24, 2.45) is 5.73 Å². The van der Waals surface area contributed by atoms with E-state index in [2.05, 4.69) is 10.6 Å². The largest absolute Gasteiger partial charge is 0.489 e. The molecule has 0 aliphatic rings. The summed E-state index contributed by atoms with van der Waals surface area (Å²) in [5, 5.41) is 14.1. The molecular weight excluding hydrogens is 630 g/mol. The maximum Gasteiger partial charge on any atom is 0.325 e. The first-order valence-electron chi connectivity index (χ1n) is 12.2. The lowest BCUT2D eigenvalue weighted by atomic mass is 10.1. The molecule has 0 heterocycles. The van der Waals surface area contributed by atoms with E-state index in [4.69, 9.17) is 60.2 Å². The fraction of sp³-hybridized carbons (Fsp3) is 0.214. The zero-order chi connectivity index (χ0) is 29.9. The van der Waals surface area contributed by atoms with Crippen molar-refractivity contribution in [1.29, 1.82) is 5.41 Å². The number of hydrogen-bond donors (Lipinski definition) is 4. The third-order valence-electron chi connectivity index (χ3n) is 5.37. The van der Waals surface area contributed by atoms with E-state index in [0.29, 0.717) is 31.9 Å². The van der Waals surface area contributed by atoms with Crippen molar-refractivity contribution in [2.45, 2.75) is 20.1 Å². The Hall–Kier alpha value is -3.70. The summed E-state index contributed by atoms with van der Waals surface area (Å²) in [5.41, 5.74) is 7.45. The quantitative estimate of drug-likeness (QED) is 0.116. The average molecular weight is 658 g/mol. The van der Waals surface area contributed by atoms with Crippen LogP contribution in [0.5, 0.6) is 11.5 Å². The van der Waals surface area contributed by atoms with E-state index in [1.54, 1.807) is 43.3 Å². The van der Waals surface area contributed by atoms with Crippen LogP contribution in [-0.4, -0.2) is 43.4 Å². The van der Waals surface area contributed by atoms with E-state index in [0.717, 1.165) is 5.56 Å². The molecule has 10 nitrogen and oxygen atoms in total. The molecule has 0 bridgehead atoms. The zero-order valence-electron chi connectivity index (χ0n) is 22.3. The summed E-state index contributed by atoms with van der Waals surface area (Å²) in [6.07, 6.45) is 0. The lowest BCUT2D eigenvalue weighted by Crippen LogP contribution is -2.34. The van der Waals surface area contributed by atoms with Crippen molar-refractivity contribution in [3.63, 3.8) is 0 Å². The van der Waals surface area contributed by atoms with Crippen LogP contribution in [0.15, 0.2) is 54.6 Å². The molecule has 3 aromatic carbocycles. The monoisotopic (exact) mass is 656 g/mol. The van der Waals surface area contributed by atoms with E-state index < -0.39 is 24.4 Å². The Morgan fingerprint density at radius 1 is 0.881 bits per heavy atom. The summed E-state index contributed by atoms with van der Waals surface area (Å²) in [4.78, 5) is 36.6. The van der Waals surface area contributed by atoms with E-state index in [-0.39, 0.29) is 55.9 Å². The summed E-state index contributed by atoms with van der Waals surface area (Å²) in [5.74, 6) is -1.21. The Morgan fingerprint density at radius 3 is 2.24 bits per heavy atom. The maximum atomic E-state index is 13.0. The maximum absolute atomic E-state index is 13.0. The van der Waals surface area contributed by atoms with E-state index in [1.165, 1.54) is 18.2 Å². The molecule has 0 atom stereocenters. The van der Waals surface area contributed by atoms with Gasteiger partial charge in [-0.1, -0.05) is 46.9 Å². The van der Waals surface area contributed by atoms with E-state index in [9.17, 15) is 14.4 Å². The number of nitrogens with one attached hydrogen (secondary N) is 3. The predicted octanol–water partition coefficient (Wildman–Crippen LogP) is 4.92. The van der Waals surface area contributed by atoms with Crippen molar-refractivity contribution < 1.29 is 28.6 Å². The van der Waals surface area contributed by atoms with Gasteiger partial charge in [-0.15, -0.1) is 12.4 Å². The lowest BCUT2D eigenvalue weighted by molar-refractivity contribution is -0.143. The first kappa shape index (κ1) is 34.5. The van der Waals surface area contributed by atoms with Crippen molar-refractivity contribution >= 4 is 70.8 Å². The summed E-state index contributed by atoms with van der Waals surface area (Å²) in [7, 11) is 0. The van der Waals surface area contributed by atoms with Crippen molar-refractivity contribution in [1.82, 2.24) is 10.6 Å². The summed E-state index contributed by atoms with van der Waals surface area (Å²) < 4.78 is 16.2. The fourth-order valence-corrected chi connectivity index (χ4v) is 4.29. The predicted molar refractivity (Wildman–Crippen MR) is 163 cm³/mol. The number of amidine groups is 1. The van der Waals surface area contributed by atoms with Gasteiger partial charge in [0.05, 0.1) is 6.61 Å². The first-order valence-corrected chi connectivity index (χ1v) is 13.4. The van der Waals surface area contributed by atoms with Crippen LogP contribution in [0.25, 0.3) is 0 Å². The minimum atomic E-state index is -0.578. The van der Waals surface area contributed by atoms with Gasteiger partial charge in [0, 0.05) is 38.3 Å². The Morgan fingerprint density at radius 2 is 1.57 bits per heavy atom. The number of nitrogens with two attached hydrogens (primary N) is 1. The molecule has 0 aliphatic carbocycles. The van der Waals surface area contributed by atoms with Gasteiger partial charge in [-0.2, -0.15) is 0 Å². The van der Waals surface area contributed by atoms with Gasteiger partial charge in [0.1, 0.15) is 30.5 Å². The van der Waals surface area contributed by atoms with Crippen molar-refractivity contribution in [2.75, 3.05) is 19.8 Å². The fourth-order valence-electron chi connectivity index (χ4n) is 3.50. The van der Waals surface area contributed by atoms with Gasteiger partial charge < -0.3 is 30.6 Å². The van der Waals surface area contributed by atoms with Gasteiger partial charge in [-0.3, -0.25) is 19.8 Å². The van der Waals surface area contributed by atoms with Crippen LogP contribution in [0.3, 0.4) is 0 Å². The van der Waals surface area contributed by atoms with Gasteiger partial charge in [0.15, 0.2) is 6.61 Å². The molecule has 3 rings (SSSR count). The Labute approximate surface area is 263 Å². The van der Waals surface area contributed by atoms with E-state index >= 15 is 0 Å². The molecule has 3 aromatic rings. The van der Waals surface area contributed by atoms with Gasteiger partial charge in [-0.05, 0) is 55.0 Å². The smallest absolute Gasteiger partial charge is 0.325 e. The second-order valence-corrected chi connectivity index (χ2v) is 9.84. The number of benzene rings is 3. The number of carbonyl (C=O) groups is 3. The van der Waals surface area contributed by atoms with Crippen LogP contribution >= 0.6 is 47.2 Å². The Kier molecular flexibility index (Phi) is 13.7. The number of carbonyl (C=O) groups excluding carboxylic acids is 3. The molecule has 42 heavy (non-hydrogen) atoms. The molecule has 0 saturated carbocycles. The number of rotatable bonds is 13.